The van der Waals surface area contributed by atoms with Crippen LogP contribution >= 0.6 is 11.8 Å². The molecular formula is C20H21N3O4S. The van der Waals surface area contributed by atoms with Crippen molar-refractivity contribution in [3.8, 4) is 5.69 Å². The monoisotopic (exact) mass is 399 g/mol. The van der Waals surface area contributed by atoms with Crippen LogP contribution in [0.5, 0.6) is 0 Å². The summed E-state index contributed by atoms with van der Waals surface area (Å²) >= 11 is 0.821. The Hall–Kier alpha value is -3.00. The largest absolute Gasteiger partial charge is 0.465 e. The first-order valence-electron chi connectivity index (χ1n) is 8.77. The Morgan fingerprint density at radius 2 is 1.89 bits per heavy atom. The summed E-state index contributed by atoms with van der Waals surface area (Å²) < 4.78 is 6.75. The Morgan fingerprint density at radius 3 is 2.54 bits per heavy atom. The first-order valence-corrected chi connectivity index (χ1v) is 9.58. The van der Waals surface area contributed by atoms with Gasteiger partial charge in [0.15, 0.2) is 0 Å². The maximum absolute atomic E-state index is 12.5. The molecule has 0 radical (unpaired) electrons. The van der Waals surface area contributed by atoms with Crippen LogP contribution in [0.15, 0.2) is 47.5 Å². The first-order chi connectivity index (χ1) is 13.4. The molecule has 0 aliphatic carbocycles. The minimum absolute atomic E-state index is 0.199. The summed E-state index contributed by atoms with van der Waals surface area (Å²) in [6.45, 7) is 1.50. The molecule has 1 aromatic carbocycles. The normalized spacial score (nSPS) is 15.4. The molecule has 1 fully saturated rings. The van der Waals surface area contributed by atoms with Crippen LogP contribution in [0.4, 0.5) is 10.5 Å². The van der Waals surface area contributed by atoms with Gasteiger partial charge in [0.05, 0.1) is 11.5 Å². The maximum atomic E-state index is 12.5. The van der Waals surface area contributed by atoms with E-state index in [0.717, 1.165) is 33.7 Å². The molecule has 2 heterocycles. The number of ether oxygens (including phenoxy) is 1. The number of carbonyl (C=O) groups excluding carboxylic acids is 3. The summed E-state index contributed by atoms with van der Waals surface area (Å²) in [5.41, 5.74) is 2.78. The van der Waals surface area contributed by atoms with E-state index in [0.29, 0.717) is 0 Å². The zero-order valence-corrected chi connectivity index (χ0v) is 16.7. The van der Waals surface area contributed by atoms with Crippen molar-refractivity contribution in [3.05, 3.63) is 53.2 Å². The lowest BCUT2D eigenvalue weighted by Crippen LogP contribution is -2.34. The highest BCUT2D eigenvalue weighted by Crippen LogP contribution is 2.32. The van der Waals surface area contributed by atoms with Gasteiger partial charge in [0, 0.05) is 37.4 Å². The van der Waals surface area contributed by atoms with E-state index in [1.807, 2.05) is 66.2 Å². The van der Waals surface area contributed by atoms with E-state index in [9.17, 15) is 14.4 Å². The third kappa shape index (κ3) is 4.12. The van der Waals surface area contributed by atoms with E-state index in [-0.39, 0.29) is 18.1 Å². The number of benzene rings is 1. The lowest BCUT2D eigenvalue weighted by Gasteiger charge is -2.14. The van der Waals surface area contributed by atoms with Gasteiger partial charge in [0.2, 0.25) is 0 Å². The standard InChI is InChI=1S/C20H21N3O4S/c1-4-27-18(24)13-23-19(25)17(28-20(23)26)12-16-6-5-11-22(16)15-9-7-14(8-10-15)21(2)3/h5-12H,4,13H2,1-3H3. The number of anilines is 1. The van der Waals surface area contributed by atoms with Gasteiger partial charge in [0.1, 0.15) is 6.54 Å². The van der Waals surface area contributed by atoms with Crippen LogP contribution in [0, 0.1) is 0 Å². The molecule has 1 aliphatic heterocycles. The second-order valence-electron chi connectivity index (χ2n) is 6.29. The molecule has 3 rings (SSSR count). The van der Waals surface area contributed by atoms with Crippen molar-refractivity contribution in [1.82, 2.24) is 9.47 Å². The molecule has 1 saturated heterocycles. The Morgan fingerprint density at radius 1 is 1.18 bits per heavy atom. The number of rotatable bonds is 6. The van der Waals surface area contributed by atoms with Crippen LogP contribution in [0.2, 0.25) is 0 Å². The fourth-order valence-electron chi connectivity index (χ4n) is 2.76. The fourth-order valence-corrected chi connectivity index (χ4v) is 3.59. The van der Waals surface area contributed by atoms with E-state index in [2.05, 4.69) is 0 Å². The van der Waals surface area contributed by atoms with Crippen LogP contribution in [-0.4, -0.2) is 53.8 Å². The van der Waals surface area contributed by atoms with Gasteiger partial charge < -0.3 is 14.2 Å². The van der Waals surface area contributed by atoms with E-state index in [4.69, 9.17) is 4.74 Å². The topological polar surface area (TPSA) is 71.8 Å². The van der Waals surface area contributed by atoms with Gasteiger partial charge in [0.25, 0.3) is 11.1 Å². The average molecular weight is 399 g/mol. The van der Waals surface area contributed by atoms with E-state index >= 15 is 0 Å². The van der Waals surface area contributed by atoms with Crippen LogP contribution in [0.25, 0.3) is 11.8 Å². The summed E-state index contributed by atoms with van der Waals surface area (Å²) in [6, 6.07) is 11.7. The maximum Gasteiger partial charge on any atom is 0.326 e. The molecule has 0 saturated carbocycles. The second-order valence-corrected chi connectivity index (χ2v) is 7.28. The molecular weight excluding hydrogens is 378 g/mol. The van der Waals surface area contributed by atoms with Gasteiger partial charge in [-0.05, 0) is 61.2 Å². The van der Waals surface area contributed by atoms with Crippen LogP contribution < -0.4 is 4.90 Å². The van der Waals surface area contributed by atoms with Crippen LogP contribution in [-0.2, 0) is 14.3 Å². The third-order valence-corrected chi connectivity index (χ3v) is 5.08. The molecule has 28 heavy (non-hydrogen) atoms. The predicted molar refractivity (Wildman–Crippen MR) is 109 cm³/mol. The van der Waals surface area contributed by atoms with E-state index < -0.39 is 17.1 Å². The molecule has 0 bridgehead atoms. The molecule has 8 heteroatoms. The van der Waals surface area contributed by atoms with Crippen molar-refractivity contribution >= 4 is 40.6 Å². The summed E-state index contributed by atoms with van der Waals surface area (Å²) in [4.78, 5) is 39.5. The van der Waals surface area contributed by atoms with Crippen molar-refractivity contribution in [2.45, 2.75) is 6.92 Å². The summed E-state index contributed by atoms with van der Waals surface area (Å²) in [5.74, 6) is -1.09. The van der Waals surface area contributed by atoms with Crippen molar-refractivity contribution in [2.75, 3.05) is 32.1 Å². The predicted octanol–water partition coefficient (Wildman–Crippen LogP) is 3.14. The van der Waals surface area contributed by atoms with Crippen molar-refractivity contribution in [2.24, 2.45) is 0 Å². The average Bonchev–Trinajstić information content (AvgIpc) is 3.22. The number of esters is 1. The molecule has 0 spiro atoms. The van der Waals surface area contributed by atoms with Gasteiger partial charge in [-0.3, -0.25) is 19.3 Å². The fraction of sp³-hybridized carbons (Fsp3) is 0.250. The molecule has 0 atom stereocenters. The van der Waals surface area contributed by atoms with Gasteiger partial charge >= 0.3 is 5.97 Å². The summed E-state index contributed by atoms with van der Waals surface area (Å²) in [6.07, 6.45) is 3.55. The van der Waals surface area contributed by atoms with Gasteiger partial charge in [-0.25, -0.2) is 0 Å². The number of amides is 2. The lowest BCUT2D eigenvalue weighted by atomic mass is 10.2. The van der Waals surface area contributed by atoms with Crippen molar-refractivity contribution in [3.63, 3.8) is 0 Å². The van der Waals surface area contributed by atoms with Crippen LogP contribution in [0.1, 0.15) is 12.6 Å². The highest BCUT2D eigenvalue weighted by atomic mass is 32.2. The Labute approximate surface area is 167 Å². The Kier molecular flexibility index (Phi) is 5.89. The zero-order chi connectivity index (χ0) is 20.3. The van der Waals surface area contributed by atoms with Gasteiger partial charge in [-0.15, -0.1) is 0 Å². The summed E-state index contributed by atoms with van der Waals surface area (Å²) in [7, 11) is 3.95. The second kappa shape index (κ2) is 8.35. The lowest BCUT2D eigenvalue weighted by molar-refractivity contribution is -0.145. The summed E-state index contributed by atoms with van der Waals surface area (Å²) in [5, 5.41) is -0.474. The molecule has 2 amide bonds. The minimum Gasteiger partial charge on any atom is -0.465 e. The van der Waals surface area contributed by atoms with Gasteiger partial charge in [-0.1, -0.05) is 0 Å². The molecule has 7 nitrogen and oxygen atoms in total. The molecule has 2 aromatic rings. The number of nitrogens with zero attached hydrogens (tertiary/aromatic N) is 3. The zero-order valence-electron chi connectivity index (χ0n) is 15.9. The number of carbonyl (C=O) groups is 3. The minimum atomic E-state index is -0.601. The van der Waals surface area contributed by atoms with E-state index in [1.165, 1.54) is 0 Å². The molecule has 0 N–H and O–H groups in total. The number of aromatic nitrogens is 1. The van der Waals surface area contributed by atoms with E-state index in [1.54, 1.807) is 13.0 Å². The SMILES string of the molecule is CCOC(=O)CN1C(=O)SC(=Cc2cccn2-c2ccc(N(C)C)cc2)C1=O. The first kappa shape index (κ1) is 19.8. The Bertz CT molecular complexity index is 931. The highest BCUT2D eigenvalue weighted by Gasteiger charge is 2.36. The number of thioether (sulfide) groups is 1. The van der Waals surface area contributed by atoms with Gasteiger partial charge in [-0.2, -0.15) is 0 Å². The third-order valence-electron chi connectivity index (χ3n) is 4.17. The number of hydrogen-bond acceptors (Lipinski definition) is 6. The quantitative estimate of drug-likeness (QED) is 0.549. The van der Waals surface area contributed by atoms with Crippen molar-refractivity contribution in [1.29, 1.82) is 0 Å². The molecule has 0 unspecified atom stereocenters. The molecule has 1 aliphatic rings. The Balaban J connectivity index is 1.83. The molecule has 146 valence electrons. The van der Waals surface area contributed by atoms with Crippen molar-refractivity contribution < 1.29 is 19.1 Å². The highest BCUT2D eigenvalue weighted by molar-refractivity contribution is 8.18. The number of hydrogen-bond donors (Lipinski definition) is 0. The number of imide groups is 1. The smallest absolute Gasteiger partial charge is 0.326 e. The molecule has 1 aromatic heterocycles. The van der Waals surface area contributed by atoms with Crippen LogP contribution in [0.3, 0.4) is 0 Å².